The quantitative estimate of drug-likeness (QED) is 0.636. The van der Waals surface area contributed by atoms with E-state index in [4.69, 9.17) is 0 Å². The summed E-state index contributed by atoms with van der Waals surface area (Å²) in [7, 11) is 0. The Balaban J connectivity index is 2.71. The molecule has 1 aromatic heterocycles. The van der Waals surface area contributed by atoms with Crippen molar-refractivity contribution in [2.24, 2.45) is 0 Å². The molecule has 5 heteroatoms. The van der Waals surface area contributed by atoms with Gasteiger partial charge in [-0.15, -0.1) is 0 Å². The Morgan fingerprint density at radius 3 is 2.42 bits per heavy atom. The van der Waals surface area contributed by atoms with Crippen LogP contribution in [0, 0.1) is 6.92 Å². The second-order valence-electron chi connectivity index (χ2n) is 2.18. The number of nitrogens with zero attached hydrogens (tertiary/aromatic N) is 1. The van der Waals surface area contributed by atoms with Crippen molar-refractivity contribution < 1.29 is 13.2 Å². The van der Waals surface area contributed by atoms with Crippen LogP contribution < -0.4 is 0 Å². The number of halogens is 3. The van der Waals surface area contributed by atoms with Crippen LogP contribution >= 0.6 is 11.8 Å². The third kappa shape index (κ3) is 3.13. The average Bonchev–Trinajstić information content (AvgIpc) is 1.91. The lowest BCUT2D eigenvalue weighted by Gasteiger charge is -2.04. The van der Waals surface area contributed by atoms with Gasteiger partial charge in [-0.3, -0.25) is 4.98 Å². The molecule has 12 heavy (non-hydrogen) atoms. The van der Waals surface area contributed by atoms with Crippen molar-refractivity contribution in [1.82, 2.24) is 4.98 Å². The van der Waals surface area contributed by atoms with E-state index in [0.29, 0.717) is 5.69 Å². The van der Waals surface area contributed by atoms with Gasteiger partial charge in [0, 0.05) is 16.8 Å². The first kappa shape index (κ1) is 9.38. The maximum absolute atomic E-state index is 11.8. The molecule has 0 amide bonds. The van der Waals surface area contributed by atoms with Gasteiger partial charge in [0.25, 0.3) is 0 Å². The van der Waals surface area contributed by atoms with Gasteiger partial charge in [-0.05, 0) is 30.8 Å². The van der Waals surface area contributed by atoms with Crippen molar-refractivity contribution in [1.29, 1.82) is 0 Å². The summed E-state index contributed by atoms with van der Waals surface area (Å²) in [6.45, 7) is 1.72. The summed E-state index contributed by atoms with van der Waals surface area (Å²) < 4.78 is 35.3. The molecule has 1 nitrogen and oxygen atoms in total. The number of hydrogen-bond donors (Lipinski definition) is 0. The van der Waals surface area contributed by atoms with Crippen LogP contribution in [0.4, 0.5) is 13.2 Å². The maximum Gasteiger partial charge on any atom is 0.446 e. The summed E-state index contributed by atoms with van der Waals surface area (Å²) in [5, 5.41) is 0. The van der Waals surface area contributed by atoms with E-state index >= 15 is 0 Å². The van der Waals surface area contributed by atoms with Crippen LogP contribution in [0.2, 0.25) is 0 Å². The van der Waals surface area contributed by atoms with Crippen molar-refractivity contribution in [2.75, 3.05) is 0 Å². The summed E-state index contributed by atoms with van der Waals surface area (Å²) in [5.74, 6) is 0. The molecule has 0 aliphatic carbocycles. The molecule has 0 fully saturated rings. The smallest absolute Gasteiger partial charge is 0.260 e. The van der Waals surface area contributed by atoms with Gasteiger partial charge in [-0.1, -0.05) is 0 Å². The Morgan fingerprint density at radius 1 is 1.33 bits per heavy atom. The largest absolute Gasteiger partial charge is 0.446 e. The van der Waals surface area contributed by atoms with Crippen LogP contribution in [0.15, 0.2) is 23.2 Å². The molecule has 0 aliphatic rings. The first-order valence-corrected chi connectivity index (χ1v) is 3.97. The predicted molar refractivity (Wildman–Crippen MR) is 40.9 cm³/mol. The Kier molecular flexibility index (Phi) is 2.62. The molecule has 0 unspecified atom stereocenters. The fourth-order valence-corrected chi connectivity index (χ4v) is 1.16. The summed E-state index contributed by atoms with van der Waals surface area (Å²) in [6, 6.07) is 2.95. The maximum atomic E-state index is 11.8. The van der Waals surface area contributed by atoms with Crippen LogP contribution in [-0.2, 0) is 0 Å². The van der Waals surface area contributed by atoms with Crippen LogP contribution in [-0.4, -0.2) is 10.5 Å². The minimum absolute atomic E-state index is 0.119. The van der Waals surface area contributed by atoms with Crippen molar-refractivity contribution >= 4 is 11.8 Å². The monoisotopic (exact) mass is 193 g/mol. The van der Waals surface area contributed by atoms with E-state index in [1.54, 1.807) is 13.0 Å². The lowest BCUT2D eigenvalue weighted by molar-refractivity contribution is -0.0328. The molecule has 0 aliphatic heterocycles. The number of hydrogen-bond acceptors (Lipinski definition) is 2. The molecule has 0 radical (unpaired) electrons. The minimum atomic E-state index is -4.23. The van der Waals surface area contributed by atoms with Crippen molar-refractivity contribution in [3.05, 3.63) is 24.0 Å². The predicted octanol–water partition coefficient (Wildman–Crippen LogP) is 3.00. The highest BCUT2D eigenvalue weighted by Gasteiger charge is 2.29. The van der Waals surface area contributed by atoms with Crippen LogP contribution in [0.1, 0.15) is 5.69 Å². The minimum Gasteiger partial charge on any atom is -0.260 e. The number of alkyl halides is 3. The first-order chi connectivity index (χ1) is 5.47. The third-order valence-corrected chi connectivity index (χ3v) is 1.83. The highest BCUT2D eigenvalue weighted by molar-refractivity contribution is 8.00. The van der Waals surface area contributed by atoms with Crippen LogP contribution in [0.25, 0.3) is 0 Å². The molecule has 66 valence electrons. The molecular formula is C7H6F3NS. The van der Waals surface area contributed by atoms with E-state index in [2.05, 4.69) is 4.98 Å². The van der Waals surface area contributed by atoms with Gasteiger partial charge in [0.1, 0.15) is 0 Å². The van der Waals surface area contributed by atoms with E-state index in [-0.39, 0.29) is 16.7 Å². The molecule has 0 bridgehead atoms. The number of thioether (sulfide) groups is 1. The van der Waals surface area contributed by atoms with Gasteiger partial charge in [0.15, 0.2) is 0 Å². The Morgan fingerprint density at radius 2 is 2.00 bits per heavy atom. The van der Waals surface area contributed by atoms with Crippen LogP contribution in [0.5, 0.6) is 0 Å². The first-order valence-electron chi connectivity index (χ1n) is 3.16. The van der Waals surface area contributed by atoms with Gasteiger partial charge in [-0.2, -0.15) is 13.2 Å². The van der Waals surface area contributed by atoms with E-state index in [0.717, 1.165) is 0 Å². The number of aryl methyl sites for hydroxylation is 1. The SMILES string of the molecule is Cc1ccc(SC(F)(F)F)cn1. The van der Waals surface area contributed by atoms with Crippen molar-refractivity contribution in [3.8, 4) is 0 Å². The van der Waals surface area contributed by atoms with Gasteiger partial charge in [0.05, 0.1) is 0 Å². The zero-order valence-corrected chi connectivity index (χ0v) is 7.04. The summed E-state index contributed by atoms with van der Waals surface area (Å²) in [4.78, 5) is 3.86. The van der Waals surface area contributed by atoms with E-state index < -0.39 is 5.51 Å². The van der Waals surface area contributed by atoms with Crippen molar-refractivity contribution in [3.63, 3.8) is 0 Å². The third-order valence-electron chi connectivity index (χ3n) is 1.12. The van der Waals surface area contributed by atoms with Crippen molar-refractivity contribution in [2.45, 2.75) is 17.3 Å². The summed E-state index contributed by atoms with van der Waals surface area (Å²) in [6.07, 6.45) is 1.22. The molecule has 0 atom stereocenters. The normalized spacial score (nSPS) is 11.7. The zero-order valence-electron chi connectivity index (χ0n) is 6.22. The molecule has 0 N–H and O–H groups in total. The fraction of sp³-hybridized carbons (Fsp3) is 0.286. The van der Waals surface area contributed by atoms with Gasteiger partial charge >= 0.3 is 5.51 Å². The molecule has 0 spiro atoms. The highest BCUT2D eigenvalue weighted by atomic mass is 32.2. The van der Waals surface area contributed by atoms with Gasteiger partial charge in [0.2, 0.25) is 0 Å². The Labute approximate surface area is 72.0 Å². The zero-order chi connectivity index (χ0) is 9.19. The second-order valence-corrected chi connectivity index (χ2v) is 3.32. The standard InChI is InChI=1S/C7H6F3NS/c1-5-2-3-6(4-11-5)12-7(8,9)10/h2-4H,1H3. The molecule has 1 heterocycles. The Hall–Kier alpha value is -0.710. The molecule has 0 saturated heterocycles. The molecule has 0 aromatic carbocycles. The Bertz CT molecular complexity index is 254. The van der Waals surface area contributed by atoms with Crippen LogP contribution in [0.3, 0.4) is 0 Å². The fourth-order valence-electron chi connectivity index (χ4n) is 0.648. The number of pyridine rings is 1. The molecule has 1 aromatic rings. The molecule has 0 saturated carbocycles. The van der Waals surface area contributed by atoms with E-state index in [1.807, 2.05) is 0 Å². The highest BCUT2D eigenvalue weighted by Crippen LogP contribution is 2.36. The van der Waals surface area contributed by atoms with Gasteiger partial charge in [-0.25, -0.2) is 0 Å². The summed E-state index contributed by atoms with van der Waals surface area (Å²) in [5.41, 5.74) is -3.52. The van der Waals surface area contributed by atoms with E-state index in [1.165, 1.54) is 12.3 Å². The van der Waals surface area contributed by atoms with E-state index in [9.17, 15) is 13.2 Å². The topological polar surface area (TPSA) is 12.9 Å². The van der Waals surface area contributed by atoms with Gasteiger partial charge < -0.3 is 0 Å². The lowest BCUT2D eigenvalue weighted by Crippen LogP contribution is -1.99. The summed E-state index contributed by atoms with van der Waals surface area (Å²) >= 11 is -0.153. The second kappa shape index (κ2) is 3.35. The molecule has 1 rings (SSSR count). The lowest BCUT2D eigenvalue weighted by atomic mass is 10.4. The average molecular weight is 193 g/mol. The number of rotatable bonds is 1. The number of aromatic nitrogens is 1. The molecular weight excluding hydrogens is 187 g/mol.